The number of hydrogen-bond acceptors (Lipinski definition) is 4. The summed E-state index contributed by atoms with van der Waals surface area (Å²) in [5.41, 5.74) is 0. The number of hydrogen-bond donors (Lipinski definition) is 0. The summed E-state index contributed by atoms with van der Waals surface area (Å²) >= 11 is 0. The SMILES string of the molecule is [CH2]O[Si](O[Si](C)(C)C)(O[Si](C)(C)C)O[Si](C)(C)C. The molecular formula is C10H29O4Si4. The van der Waals surface area contributed by atoms with E-state index in [9.17, 15) is 0 Å². The van der Waals surface area contributed by atoms with Gasteiger partial charge in [-0.05, 0) is 58.9 Å². The standard InChI is InChI=1S/C10H29O4Si4/c1-11-18(12-15(2,3)4,13-16(5,6)7)14-17(8,9)10/h1H2,2-10H3. The highest BCUT2D eigenvalue weighted by molar-refractivity contribution is 6.87. The van der Waals surface area contributed by atoms with Gasteiger partial charge in [0.1, 0.15) is 0 Å². The molecule has 4 nitrogen and oxygen atoms in total. The predicted molar refractivity (Wildman–Crippen MR) is 85.5 cm³/mol. The Morgan fingerprint density at radius 2 is 0.778 bits per heavy atom. The monoisotopic (exact) mass is 325 g/mol. The van der Waals surface area contributed by atoms with Gasteiger partial charge in [0, 0.05) is 0 Å². The van der Waals surface area contributed by atoms with Crippen molar-refractivity contribution >= 4 is 34.0 Å². The lowest BCUT2D eigenvalue weighted by Gasteiger charge is -2.39. The van der Waals surface area contributed by atoms with Gasteiger partial charge in [0.2, 0.25) is 0 Å². The van der Waals surface area contributed by atoms with Crippen molar-refractivity contribution < 1.29 is 16.8 Å². The van der Waals surface area contributed by atoms with Crippen LogP contribution in [0.2, 0.25) is 58.9 Å². The van der Waals surface area contributed by atoms with Gasteiger partial charge in [0.15, 0.2) is 25.0 Å². The molecule has 0 aromatic heterocycles. The Morgan fingerprint density at radius 1 is 0.556 bits per heavy atom. The van der Waals surface area contributed by atoms with E-state index in [1.165, 1.54) is 0 Å². The summed E-state index contributed by atoms with van der Waals surface area (Å²) in [5.74, 6) is 0. The van der Waals surface area contributed by atoms with Gasteiger partial charge in [0.05, 0.1) is 7.11 Å². The van der Waals surface area contributed by atoms with Gasteiger partial charge in [-0.15, -0.1) is 0 Å². The van der Waals surface area contributed by atoms with Gasteiger partial charge in [-0.3, -0.25) is 0 Å². The first-order chi connectivity index (χ1) is 7.68. The summed E-state index contributed by atoms with van der Waals surface area (Å²) in [5, 5.41) is 0. The molecule has 0 heterocycles. The van der Waals surface area contributed by atoms with Crippen LogP contribution in [-0.4, -0.2) is 34.0 Å². The minimum absolute atomic E-state index is 1.82. The van der Waals surface area contributed by atoms with E-state index < -0.39 is 34.0 Å². The maximum Gasteiger partial charge on any atom is 0.647 e. The van der Waals surface area contributed by atoms with Gasteiger partial charge >= 0.3 is 9.05 Å². The summed E-state index contributed by atoms with van der Waals surface area (Å²) in [7, 11) is -5.00. The van der Waals surface area contributed by atoms with Crippen LogP contribution in [0.15, 0.2) is 0 Å². The fourth-order valence-electron chi connectivity index (χ4n) is 1.28. The third-order valence-electron chi connectivity index (χ3n) is 1.47. The smallest absolute Gasteiger partial charge is 0.395 e. The van der Waals surface area contributed by atoms with Crippen molar-refractivity contribution in [3.05, 3.63) is 7.11 Å². The van der Waals surface area contributed by atoms with E-state index in [4.69, 9.17) is 16.8 Å². The molecule has 0 aliphatic carbocycles. The zero-order valence-electron chi connectivity index (χ0n) is 13.3. The molecule has 0 unspecified atom stereocenters. The highest BCUT2D eigenvalue weighted by Gasteiger charge is 2.52. The Labute approximate surface area is 117 Å². The van der Waals surface area contributed by atoms with Crippen LogP contribution < -0.4 is 0 Å². The molecule has 1 radical (unpaired) electrons. The second kappa shape index (κ2) is 6.00. The lowest BCUT2D eigenvalue weighted by molar-refractivity contribution is 0.126. The minimum Gasteiger partial charge on any atom is -0.395 e. The Bertz CT molecular complexity index is 224. The maximum absolute atomic E-state index is 6.14. The van der Waals surface area contributed by atoms with E-state index in [-0.39, 0.29) is 0 Å². The molecule has 0 aromatic carbocycles. The third kappa shape index (κ3) is 8.75. The van der Waals surface area contributed by atoms with E-state index in [2.05, 4.69) is 66.0 Å². The van der Waals surface area contributed by atoms with Crippen molar-refractivity contribution in [1.29, 1.82) is 0 Å². The van der Waals surface area contributed by atoms with E-state index in [0.717, 1.165) is 0 Å². The zero-order chi connectivity index (χ0) is 14.8. The Hall–Kier alpha value is 0.708. The Morgan fingerprint density at radius 3 is 0.889 bits per heavy atom. The van der Waals surface area contributed by atoms with Gasteiger partial charge in [-0.25, -0.2) is 0 Å². The largest absolute Gasteiger partial charge is 0.647 e. The number of rotatable bonds is 7. The van der Waals surface area contributed by atoms with Gasteiger partial charge in [-0.1, -0.05) is 0 Å². The molecule has 0 aromatic rings. The summed E-state index contributed by atoms with van der Waals surface area (Å²) in [6.07, 6.45) is 0. The molecule has 0 saturated carbocycles. The lowest BCUT2D eigenvalue weighted by atomic mass is 11.8. The van der Waals surface area contributed by atoms with Crippen LogP contribution >= 0.6 is 0 Å². The molecular weight excluding hydrogens is 296 g/mol. The van der Waals surface area contributed by atoms with Gasteiger partial charge < -0.3 is 16.8 Å². The zero-order valence-corrected chi connectivity index (χ0v) is 17.3. The van der Waals surface area contributed by atoms with Crippen LogP contribution in [0.25, 0.3) is 0 Å². The summed E-state index contributed by atoms with van der Waals surface area (Å²) in [4.78, 5) is 0. The van der Waals surface area contributed by atoms with Crippen LogP contribution in [0.3, 0.4) is 0 Å². The van der Waals surface area contributed by atoms with Crippen LogP contribution in [0.1, 0.15) is 0 Å². The predicted octanol–water partition coefficient (Wildman–Crippen LogP) is 3.78. The van der Waals surface area contributed by atoms with Crippen LogP contribution in [0.4, 0.5) is 0 Å². The molecule has 0 atom stereocenters. The average molecular weight is 326 g/mol. The first kappa shape index (κ1) is 18.7. The first-order valence-electron chi connectivity index (χ1n) is 6.22. The molecule has 0 fully saturated rings. The third-order valence-corrected chi connectivity index (χ3v) is 12.2. The molecule has 0 N–H and O–H groups in total. The van der Waals surface area contributed by atoms with Crippen LogP contribution in [-0.2, 0) is 16.8 Å². The van der Waals surface area contributed by atoms with Crippen LogP contribution in [0, 0.1) is 7.11 Å². The van der Waals surface area contributed by atoms with E-state index >= 15 is 0 Å². The van der Waals surface area contributed by atoms with Crippen molar-refractivity contribution in [1.82, 2.24) is 0 Å². The maximum atomic E-state index is 6.14. The lowest BCUT2D eigenvalue weighted by Crippen LogP contribution is -2.61. The molecule has 0 aliphatic rings. The van der Waals surface area contributed by atoms with E-state index in [0.29, 0.717) is 0 Å². The molecule has 0 bridgehead atoms. The van der Waals surface area contributed by atoms with Crippen molar-refractivity contribution in [2.24, 2.45) is 0 Å². The molecule has 0 rings (SSSR count). The summed E-state index contributed by atoms with van der Waals surface area (Å²) in [6.45, 7) is 19.0. The van der Waals surface area contributed by atoms with Gasteiger partial charge in [0.25, 0.3) is 0 Å². The topological polar surface area (TPSA) is 36.9 Å². The highest BCUT2D eigenvalue weighted by atomic mass is 28.5. The van der Waals surface area contributed by atoms with E-state index in [1.807, 2.05) is 0 Å². The quantitative estimate of drug-likeness (QED) is 0.667. The summed E-state index contributed by atoms with van der Waals surface area (Å²) in [6, 6.07) is 0. The molecule has 0 spiro atoms. The fraction of sp³-hybridized carbons (Fsp3) is 0.900. The summed E-state index contributed by atoms with van der Waals surface area (Å²) < 4.78 is 23.8. The first-order valence-corrected chi connectivity index (χ1v) is 18.1. The molecule has 8 heteroatoms. The Balaban J connectivity index is 5.20. The Kier molecular flexibility index (Phi) is 6.23. The van der Waals surface area contributed by atoms with Crippen molar-refractivity contribution in [2.75, 3.05) is 0 Å². The molecule has 0 amide bonds. The minimum atomic E-state index is -3.10. The second-order valence-corrected chi connectivity index (χ2v) is 23.7. The highest BCUT2D eigenvalue weighted by Crippen LogP contribution is 2.26. The van der Waals surface area contributed by atoms with Crippen LogP contribution in [0.5, 0.6) is 0 Å². The second-order valence-electron chi connectivity index (χ2n) is 7.29. The van der Waals surface area contributed by atoms with Crippen molar-refractivity contribution in [3.8, 4) is 0 Å². The molecule has 0 aliphatic heterocycles. The van der Waals surface area contributed by atoms with E-state index in [1.54, 1.807) is 0 Å². The van der Waals surface area contributed by atoms with Crippen molar-refractivity contribution in [3.63, 3.8) is 0 Å². The van der Waals surface area contributed by atoms with Gasteiger partial charge in [-0.2, -0.15) is 0 Å². The molecule has 0 saturated heterocycles. The normalized spacial score (nSPS) is 15.0. The fourth-order valence-corrected chi connectivity index (χ4v) is 12.6. The molecule has 18 heavy (non-hydrogen) atoms. The van der Waals surface area contributed by atoms with Crippen molar-refractivity contribution in [2.45, 2.75) is 58.9 Å². The molecule has 109 valence electrons. The average Bonchev–Trinajstić information content (AvgIpc) is 1.93.